The van der Waals surface area contributed by atoms with Crippen LogP contribution >= 0.6 is 0 Å². The van der Waals surface area contributed by atoms with Gasteiger partial charge in [-0.3, -0.25) is 4.98 Å². The van der Waals surface area contributed by atoms with Gasteiger partial charge >= 0.3 is 6.03 Å². The molecule has 0 aliphatic carbocycles. The molecule has 2 rings (SSSR count). The van der Waals surface area contributed by atoms with Gasteiger partial charge in [-0.1, -0.05) is 6.07 Å². The molecule has 20 heavy (non-hydrogen) atoms. The first-order valence-electron chi connectivity index (χ1n) is 6.16. The molecule has 0 aliphatic rings. The van der Waals surface area contributed by atoms with Gasteiger partial charge in [-0.15, -0.1) is 0 Å². The van der Waals surface area contributed by atoms with Crippen LogP contribution in [0.1, 0.15) is 18.5 Å². The van der Waals surface area contributed by atoms with Crippen LogP contribution in [0.15, 0.2) is 42.9 Å². The third kappa shape index (κ3) is 3.68. The number of amides is 2. The van der Waals surface area contributed by atoms with Crippen molar-refractivity contribution < 1.29 is 9.53 Å². The van der Waals surface area contributed by atoms with Crippen LogP contribution in [0, 0.1) is 0 Å². The molecule has 6 nitrogen and oxygen atoms in total. The van der Waals surface area contributed by atoms with Gasteiger partial charge < -0.3 is 15.4 Å². The lowest BCUT2D eigenvalue weighted by atomic mass is 10.1. The summed E-state index contributed by atoms with van der Waals surface area (Å²) in [4.78, 5) is 19.9. The Kier molecular flexibility index (Phi) is 4.49. The number of urea groups is 1. The highest BCUT2D eigenvalue weighted by Crippen LogP contribution is 2.12. The van der Waals surface area contributed by atoms with Gasteiger partial charge in [-0.05, 0) is 24.6 Å². The number of hydrogen-bond acceptors (Lipinski definition) is 4. The highest BCUT2D eigenvalue weighted by Gasteiger charge is 2.09. The first-order valence-corrected chi connectivity index (χ1v) is 6.16. The third-order valence-electron chi connectivity index (χ3n) is 2.74. The van der Waals surface area contributed by atoms with Crippen molar-refractivity contribution in [1.82, 2.24) is 15.3 Å². The zero-order chi connectivity index (χ0) is 14.4. The molecule has 0 bridgehead atoms. The van der Waals surface area contributed by atoms with Crippen LogP contribution in [-0.2, 0) is 0 Å². The molecule has 2 aromatic rings. The third-order valence-corrected chi connectivity index (χ3v) is 2.74. The summed E-state index contributed by atoms with van der Waals surface area (Å²) in [5, 5.41) is 5.53. The Morgan fingerprint density at radius 2 is 2.15 bits per heavy atom. The van der Waals surface area contributed by atoms with Gasteiger partial charge in [0.05, 0.1) is 25.0 Å². The van der Waals surface area contributed by atoms with Gasteiger partial charge in [0.15, 0.2) is 0 Å². The minimum atomic E-state index is -0.298. The van der Waals surface area contributed by atoms with Crippen molar-refractivity contribution in [2.45, 2.75) is 13.0 Å². The van der Waals surface area contributed by atoms with Gasteiger partial charge in [-0.2, -0.15) is 0 Å². The predicted octanol–water partition coefficient (Wildman–Crippen LogP) is 2.37. The lowest BCUT2D eigenvalue weighted by Gasteiger charge is -2.14. The van der Waals surface area contributed by atoms with Gasteiger partial charge in [0.2, 0.25) is 5.88 Å². The van der Waals surface area contributed by atoms with Crippen LogP contribution in [0.4, 0.5) is 10.5 Å². The number of ether oxygens (including phenoxy) is 1. The number of hydrogen-bond donors (Lipinski definition) is 2. The fourth-order valence-corrected chi connectivity index (χ4v) is 1.65. The molecule has 0 spiro atoms. The number of nitrogens with one attached hydrogen (secondary N) is 2. The van der Waals surface area contributed by atoms with E-state index in [9.17, 15) is 4.79 Å². The number of carbonyl (C=O) groups excluding carboxylic acids is 1. The summed E-state index contributed by atoms with van der Waals surface area (Å²) in [6.45, 7) is 1.89. The molecular formula is C14H16N4O2. The fraction of sp³-hybridized carbons (Fsp3) is 0.214. The lowest BCUT2D eigenvalue weighted by Crippen LogP contribution is -2.31. The van der Waals surface area contributed by atoms with Gasteiger partial charge in [0, 0.05) is 18.5 Å². The number of anilines is 1. The second kappa shape index (κ2) is 6.51. The summed E-state index contributed by atoms with van der Waals surface area (Å²) < 4.78 is 4.95. The van der Waals surface area contributed by atoms with Gasteiger partial charge in [0.25, 0.3) is 0 Å². The minimum Gasteiger partial charge on any atom is -0.481 e. The standard InChI is InChI=1S/C14H16N4O2/c1-10(11-4-3-7-15-8-11)17-14(19)18-12-5-6-13(20-2)16-9-12/h3-10H,1-2H3,(H2,17,18,19)/t10-/m0/s1. The SMILES string of the molecule is COc1ccc(NC(=O)N[C@@H](C)c2cccnc2)cn1. The van der Waals surface area contributed by atoms with E-state index in [4.69, 9.17) is 4.74 Å². The van der Waals surface area contributed by atoms with E-state index in [-0.39, 0.29) is 12.1 Å². The molecule has 2 aromatic heterocycles. The van der Waals surface area contributed by atoms with Crippen LogP contribution in [0.25, 0.3) is 0 Å². The largest absolute Gasteiger partial charge is 0.481 e. The Hall–Kier alpha value is -2.63. The molecule has 0 aliphatic heterocycles. The summed E-state index contributed by atoms with van der Waals surface area (Å²) in [5.41, 5.74) is 1.54. The first kappa shape index (κ1) is 13.8. The van der Waals surface area contributed by atoms with Crippen molar-refractivity contribution in [2.75, 3.05) is 12.4 Å². The average molecular weight is 272 g/mol. The topological polar surface area (TPSA) is 76.1 Å². The number of methoxy groups -OCH3 is 1. The van der Waals surface area contributed by atoms with Crippen molar-refractivity contribution in [1.29, 1.82) is 0 Å². The molecule has 0 unspecified atom stereocenters. The van der Waals surface area contributed by atoms with E-state index in [0.717, 1.165) is 5.56 Å². The van der Waals surface area contributed by atoms with Crippen molar-refractivity contribution in [3.05, 3.63) is 48.4 Å². The Balaban J connectivity index is 1.91. The van der Waals surface area contributed by atoms with E-state index in [0.29, 0.717) is 11.6 Å². The lowest BCUT2D eigenvalue weighted by molar-refractivity contribution is 0.249. The van der Waals surface area contributed by atoms with E-state index in [1.54, 1.807) is 24.5 Å². The number of rotatable bonds is 4. The second-order valence-electron chi connectivity index (χ2n) is 4.20. The molecule has 0 fully saturated rings. The zero-order valence-corrected chi connectivity index (χ0v) is 11.3. The highest BCUT2D eigenvalue weighted by atomic mass is 16.5. The van der Waals surface area contributed by atoms with E-state index in [1.807, 2.05) is 19.1 Å². The molecular weight excluding hydrogens is 256 g/mol. The quantitative estimate of drug-likeness (QED) is 0.895. The molecule has 104 valence electrons. The molecule has 1 atom stereocenters. The smallest absolute Gasteiger partial charge is 0.319 e. The van der Waals surface area contributed by atoms with Gasteiger partial charge in [0.1, 0.15) is 0 Å². The normalized spacial score (nSPS) is 11.5. The second-order valence-corrected chi connectivity index (χ2v) is 4.20. The molecule has 0 saturated heterocycles. The van der Waals surface area contributed by atoms with E-state index in [2.05, 4.69) is 20.6 Å². The molecule has 2 heterocycles. The predicted molar refractivity (Wildman–Crippen MR) is 75.6 cm³/mol. The maximum Gasteiger partial charge on any atom is 0.319 e. The Morgan fingerprint density at radius 3 is 2.75 bits per heavy atom. The van der Waals surface area contributed by atoms with Crippen LogP contribution in [0.2, 0.25) is 0 Å². The Morgan fingerprint density at radius 1 is 1.30 bits per heavy atom. The number of aromatic nitrogens is 2. The van der Waals surface area contributed by atoms with Crippen LogP contribution in [0.5, 0.6) is 5.88 Å². The zero-order valence-electron chi connectivity index (χ0n) is 11.3. The minimum absolute atomic E-state index is 0.130. The van der Waals surface area contributed by atoms with Crippen molar-refractivity contribution in [3.8, 4) is 5.88 Å². The molecule has 0 saturated carbocycles. The van der Waals surface area contributed by atoms with E-state index >= 15 is 0 Å². The van der Waals surface area contributed by atoms with Crippen molar-refractivity contribution in [2.24, 2.45) is 0 Å². The van der Waals surface area contributed by atoms with Crippen molar-refractivity contribution >= 4 is 11.7 Å². The Bertz CT molecular complexity index is 557. The molecule has 2 amide bonds. The monoisotopic (exact) mass is 272 g/mol. The summed E-state index contributed by atoms with van der Waals surface area (Å²) >= 11 is 0. The van der Waals surface area contributed by atoms with Crippen LogP contribution in [0.3, 0.4) is 0 Å². The highest BCUT2D eigenvalue weighted by molar-refractivity contribution is 5.89. The molecule has 0 aromatic carbocycles. The first-order chi connectivity index (χ1) is 9.69. The van der Waals surface area contributed by atoms with Crippen LogP contribution in [-0.4, -0.2) is 23.1 Å². The van der Waals surface area contributed by atoms with Gasteiger partial charge in [-0.25, -0.2) is 9.78 Å². The molecule has 0 radical (unpaired) electrons. The Labute approximate surface area is 117 Å². The maximum atomic E-state index is 11.8. The molecule has 6 heteroatoms. The van der Waals surface area contributed by atoms with E-state index < -0.39 is 0 Å². The number of nitrogens with zero attached hydrogens (tertiary/aromatic N) is 2. The number of pyridine rings is 2. The molecule has 2 N–H and O–H groups in total. The number of carbonyl (C=O) groups is 1. The summed E-state index contributed by atoms with van der Waals surface area (Å²) in [6, 6.07) is 6.72. The summed E-state index contributed by atoms with van der Waals surface area (Å²) in [7, 11) is 1.54. The van der Waals surface area contributed by atoms with Crippen molar-refractivity contribution in [3.63, 3.8) is 0 Å². The van der Waals surface area contributed by atoms with Crippen LogP contribution < -0.4 is 15.4 Å². The maximum absolute atomic E-state index is 11.8. The van der Waals surface area contributed by atoms with E-state index in [1.165, 1.54) is 13.3 Å². The summed E-state index contributed by atoms with van der Waals surface area (Å²) in [5.74, 6) is 0.500. The summed E-state index contributed by atoms with van der Waals surface area (Å²) in [6.07, 6.45) is 4.95. The average Bonchev–Trinajstić information content (AvgIpc) is 2.49. The fourth-order valence-electron chi connectivity index (χ4n) is 1.65.